The number of ether oxygens (including phenoxy) is 1. The van der Waals surface area contributed by atoms with Gasteiger partial charge >= 0.3 is 5.97 Å². The van der Waals surface area contributed by atoms with Gasteiger partial charge < -0.3 is 10.5 Å². The van der Waals surface area contributed by atoms with Crippen molar-refractivity contribution in [2.75, 3.05) is 0 Å². The van der Waals surface area contributed by atoms with Crippen molar-refractivity contribution in [2.24, 2.45) is 5.73 Å². The highest BCUT2D eigenvalue weighted by Gasteiger charge is 2.28. The molecule has 0 aromatic heterocycles. The number of esters is 1. The Kier molecular flexibility index (Phi) is 4.24. The largest absolute Gasteiger partial charge is 0.461 e. The highest BCUT2D eigenvalue weighted by atomic mass is 16.5. The van der Waals surface area contributed by atoms with Crippen LogP contribution in [0.25, 0.3) is 0 Å². The molecule has 2 unspecified atom stereocenters. The van der Waals surface area contributed by atoms with E-state index in [1.807, 2.05) is 20.8 Å². The summed E-state index contributed by atoms with van der Waals surface area (Å²) in [7, 11) is 0. The van der Waals surface area contributed by atoms with Crippen LogP contribution in [0.4, 0.5) is 0 Å². The smallest absolute Gasteiger partial charge is 0.326 e. The SMILES string of the molecule is CCC(C)OC(=O)C(C)(N)CC. The second-order valence-corrected chi connectivity index (χ2v) is 3.40. The summed E-state index contributed by atoms with van der Waals surface area (Å²) < 4.78 is 5.09. The first-order valence-electron chi connectivity index (χ1n) is 4.44. The maximum Gasteiger partial charge on any atom is 0.326 e. The van der Waals surface area contributed by atoms with Crippen LogP contribution in [0, 0.1) is 0 Å². The molecule has 72 valence electrons. The first-order valence-corrected chi connectivity index (χ1v) is 4.44. The molecule has 0 bridgehead atoms. The summed E-state index contributed by atoms with van der Waals surface area (Å²) in [6.45, 7) is 7.40. The van der Waals surface area contributed by atoms with Crippen LogP contribution in [0.1, 0.15) is 40.5 Å². The summed E-state index contributed by atoms with van der Waals surface area (Å²) in [5.74, 6) is -0.306. The van der Waals surface area contributed by atoms with Gasteiger partial charge in [-0.3, -0.25) is 4.79 Å². The zero-order valence-corrected chi connectivity index (χ0v) is 8.39. The third-order valence-corrected chi connectivity index (χ3v) is 2.08. The minimum atomic E-state index is -0.830. The van der Waals surface area contributed by atoms with E-state index in [0.29, 0.717) is 6.42 Å². The molecule has 0 aromatic carbocycles. The van der Waals surface area contributed by atoms with E-state index in [1.165, 1.54) is 0 Å². The monoisotopic (exact) mass is 173 g/mol. The first kappa shape index (κ1) is 11.4. The average molecular weight is 173 g/mol. The molecular weight excluding hydrogens is 154 g/mol. The van der Waals surface area contributed by atoms with Gasteiger partial charge in [-0.05, 0) is 26.7 Å². The van der Waals surface area contributed by atoms with Gasteiger partial charge in [0.1, 0.15) is 5.54 Å². The van der Waals surface area contributed by atoms with Crippen LogP contribution in [0.2, 0.25) is 0 Å². The molecule has 0 saturated heterocycles. The average Bonchev–Trinajstić information content (AvgIpc) is 2.04. The maximum atomic E-state index is 11.3. The Hall–Kier alpha value is -0.570. The molecule has 0 fully saturated rings. The minimum Gasteiger partial charge on any atom is -0.461 e. The molecule has 0 rings (SSSR count). The Morgan fingerprint density at radius 3 is 2.42 bits per heavy atom. The topological polar surface area (TPSA) is 52.3 Å². The molecule has 0 aliphatic heterocycles. The summed E-state index contributed by atoms with van der Waals surface area (Å²) in [6, 6.07) is 0. The number of carbonyl (C=O) groups excluding carboxylic acids is 1. The van der Waals surface area contributed by atoms with Crippen molar-refractivity contribution in [3.8, 4) is 0 Å². The maximum absolute atomic E-state index is 11.3. The van der Waals surface area contributed by atoms with Crippen molar-refractivity contribution in [1.82, 2.24) is 0 Å². The first-order chi connectivity index (χ1) is 5.44. The normalized spacial score (nSPS) is 18.1. The van der Waals surface area contributed by atoms with E-state index in [-0.39, 0.29) is 12.1 Å². The highest BCUT2D eigenvalue weighted by Crippen LogP contribution is 2.09. The van der Waals surface area contributed by atoms with Gasteiger partial charge in [-0.2, -0.15) is 0 Å². The second-order valence-electron chi connectivity index (χ2n) is 3.40. The number of hydrogen-bond donors (Lipinski definition) is 1. The van der Waals surface area contributed by atoms with E-state index in [9.17, 15) is 4.79 Å². The molecule has 0 aliphatic rings. The lowest BCUT2D eigenvalue weighted by atomic mass is 10.0. The predicted octanol–water partition coefficient (Wildman–Crippen LogP) is 1.46. The van der Waals surface area contributed by atoms with Gasteiger partial charge in [0, 0.05) is 0 Å². The molecule has 0 amide bonds. The van der Waals surface area contributed by atoms with Crippen LogP contribution in [0.15, 0.2) is 0 Å². The van der Waals surface area contributed by atoms with Crippen LogP contribution in [0.5, 0.6) is 0 Å². The lowest BCUT2D eigenvalue weighted by Crippen LogP contribution is -2.46. The molecule has 2 N–H and O–H groups in total. The van der Waals surface area contributed by atoms with E-state index in [4.69, 9.17) is 10.5 Å². The highest BCUT2D eigenvalue weighted by molar-refractivity contribution is 5.80. The van der Waals surface area contributed by atoms with Crippen molar-refractivity contribution in [3.05, 3.63) is 0 Å². The fourth-order valence-corrected chi connectivity index (χ4v) is 0.545. The molecule has 0 radical (unpaired) electrons. The molecule has 3 heteroatoms. The molecule has 12 heavy (non-hydrogen) atoms. The van der Waals surface area contributed by atoms with Crippen LogP contribution >= 0.6 is 0 Å². The van der Waals surface area contributed by atoms with Gasteiger partial charge in [0.05, 0.1) is 6.10 Å². The van der Waals surface area contributed by atoms with E-state index in [0.717, 1.165) is 6.42 Å². The zero-order chi connectivity index (χ0) is 9.78. The minimum absolute atomic E-state index is 0.0353. The Labute approximate surface area is 74.3 Å². The summed E-state index contributed by atoms with van der Waals surface area (Å²) >= 11 is 0. The van der Waals surface area contributed by atoms with E-state index < -0.39 is 5.54 Å². The van der Waals surface area contributed by atoms with Crippen molar-refractivity contribution in [2.45, 2.75) is 52.2 Å². The Morgan fingerprint density at radius 1 is 1.58 bits per heavy atom. The summed E-state index contributed by atoms with van der Waals surface area (Å²) in [5, 5.41) is 0. The van der Waals surface area contributed by atoms with E-state index >= 15 is 0 Å². The molecule has 0 heterocycles. The fourth-order valence-electron chi connectivity index (χ4n) is 0.545. The third-order valence-electron chi connectivity index (χ3n) is 2.08. The number of carbonyl (C=O) groups is 1. The van der Waals surface area contributed by atoms with Crippen molar-refractivity contribution < 1.29 is 9.53 Å². The van der Waals surface area contributed by atoms with Gasteiger partial charge in [-0.15, -0.1) is 0 Å². The molecule has 0 spiro atoms. The lowest BCUT2D eigenvalue weighted by molar-refractivity contribution is -0.154. The number of nitrogens with two attached hydrogens (primary N) is 1. The van der Waals surface area contributed by atoms with Crippen LogP contribution in [-0.2, 0) is 9.53 Å². The number of rotatable bonds is 4. The molecule has 3 nitrogen and oxygen atoms in total. The van der Waals surface area contributed by atoms with Gasteiger partial charge in [0.15, 0.2) is 0 Å². The quantitative estimate of drug-likeness (QED) is 0.655. The standard InChI is InChI=1S/C9H19NO2/c1-5-7(3)12-8(11)9(4,10)6-2/h7H,5-6,10H2,1-4H3. The summed E-state index contributed by atoms with van der Waals surface area (Å²) in [6.07, 6.45) is 1.39. The van der Waals surface area contributed by atoms with Gasteiger partial charge in [0.2, 0.25) is 0 Å². The van der Waals surface area contributed by atoms with Crippen molar-refractivity contribution in [3.63, 3.8) is 0 Å². The van der Waals surface area contributed by atoms with Gasteiger partial charge in [-0.1, -0.05) is 13.8 Å². The van der Waals surface area contributed by atoms with Gasteiger partial charge in [0.25, 0.3) is 0 Å². The Balaban J connectivity index is 4.03. The lowest BCUT2D eigenvalue weighted by Gasteiger charge is -2.22. The Bertz CT molecular complexity index is 155. The summed E-state index contributed by atoms with van der Waals surface area (Å²) in [4.78, 5) is 11.3. The molecule has 0 aromatic rings. The molecule has 2 atom stereocenters. The molecule has 0 saturated carbocycles. The van der Waals surface area contributed by atoms with E-state index in [2.05, 4.69) is 0 Å². The second kappa shape index (κ2) is 4.45. The predicted molar refractivity (Wildman–Crippen MR) is 48.7 cm³/mol. The van der Waals surface area contributed by atoms with Crippen LogP contribution < -0.4 is 5.73 Å². The molecule has 0 aliphatic carbocycles. The van der Waals surface area contributed by atoms with Gasteiger partial charge in [-0.25, -0.2) is 0 Å². The van der Waals surface area contributed by atoms with Crippen molar-refractivity contribution >= 4 is 5.97 Å². The number of hydrogen-bond acceptors (Lipinski definition) is 3. The fraction of sp³-hybridized carbons (Fsp3) is 0.889. The van der Waals surface area contributed by atoms with Crippen molar-refractivity contribution in [1.29, 1.82) is 0 Å². The van der Waals surface area contributed by atoms with E-state index in [1.54, 1.807) is 6.92 Å². The Morgan fingerprint density at radius 2 is 2.08 bits per heavy atom. The zero-order valence-electron chi connectivity index (χ0n) is 8.39. The van der Waals surface area contributed by atoms with Crippen LogP contribution in [-0.4, -0.2) is 17.6 Å². The third kappa shape index (κ3) is 3.22. The van der Waals surface area contributed by atoms with Crippen LogP contribution in [0.3, 0.4) is 0 Å². The molecular formula is C9H19NO2. The summed E-state index contributed by atoms with van der Waals surface area (Å²) in [5.41, 5.74) is 4.86.